The molecule has 0 aliphatic heterocycles. The molecule has 1 aliphatic carbocycles. The van der Waals surface area contributed by atoms with E-state index in [-0.39, 0.29) is 0 Å². The zero-order chi connectivity index (χ0) is 12.9. The number of halogens is 1. The number of hydrogen-bond donors (Lipinski definition) is 1. The van der Waals surface area contributed by atoms with Crippen LogP contribution in [0.4, 0.5) is 0 Å². The van der Waals surface area contributed by atoms with Gasteiger partial charge in [0.2, 0.25) is 0 Å². The number of aromatic nitrogens is 1. The van der Waals surface area contributed by atoms with Crippen LogP contribution in [0.5, 0.6) is 0 Å². The quantitative estimate of drug-likeness (QED) is 0.782. The second kappa shape index (κ2) is 4.17. The van der Waals surface area contributed by atoms with E-state index in [4.69, 9.17) is 5.11 Å². The molecule has 0 radical (unpaired) electrons. The van der Waals surface area contributed by atoms with Crippen molar-refractivity contribution in [2.24, 2.45) is 0 Å². The van der Waals surface area contributed by atoms with Crippen LogP contribution >= 0.6 is 27.3 Å². The van der Waals surface area contributed by atoms with Crippen molar-refractivity contribution >= 4 is 33.2 Å². The largest absolute Gasteiger partial charge is 0.481 e. The molecule has 1 aliphatic rings. The topological polar surface area (TPSA) is 50.2 Å². The van der Waals surface area contributed by atoms with E-state index in [1.165, 1.54) is 21.8 Å². The summed E-state index contributed by atoms with van der Waals surface area (Å²) in [6.45, 7) is 1.68. The Kier molecular flexibility index (Phi) is 2.75. The molecule has 0 amide bonds. The number of benzene rings is 1. The lowest BCUT2D eigenvalue weighted by atomic mass is 10.1. The molecule has 3 nitrogen and oxygen atoms in total. The molecular formula is C13H10BrNO2S. The number of thiazole rings is 1. The predicted octanol–water partition coefficient (Wildman–Crippen LogP) is 3.66. The van der Waals surface area contributed by atoms with Crippen LogP contribution in [0.1, 0.15) is 28.3 Å². The van der Waals surface area contributed by atoms with Gasteiger partial charge in [0, 0.05) is 21.3 Å². The Labute approximate surface area is 117 Å². The van der Waals surface area contributed by atoms with Gasteiger partial charge in [-0.25, -0.2) is 4.98 Å². The fourth-order valence-corrected chi connectivity index (χ4v) is 3.66. The van der Waals surface area contributed by atoms with Gasteiger partial charge in [-0.15, -0.1) is 11.3 Å². The highest BCUT2D eigenvalue weighted by atomic mass is 79.9. The molecule has 2 aromatic rings. The van der Waals surface area contributed by atoms with Crippen LogP contribution in [0.3, 0.4) is 0 Å². The Balaban J connectivity index is 2.05. The lowest BCUT2D eigenvalue weighted by molar-refractivity contribution is -0.138. The van der Waals surface area contributed by atoms with E-state index in [0.29, 0.717) is 5.01 Å². The second-order valence-corrected chi connectivity index (χ2v) is 6.39. The molecule has 1 atom stereocenters. The maximum atomic E-state index is 11.0. The van der Waals surface area contributed by atoms with Gasteiger partial charge in [0.15, 0.2) is 0 Å². The minimum Gasteiger partial charge on any atom is -0.481 e. The molecule has 1 N–H and O–H groups in total. The zero-order valence-electron chi connectivity index (χ0n) is 9.61. The maximum absolute atomic E-state index is 11.0. The monoisotopic (exact) mass is 323 g/mol. The van der Waals surface area contributed by atoms with Gasteiger partial charge < -0.3 is 5.11 Å². The maximum Gasteiger partial charge on any atom is 0.313 e. The summed E-state index contributed by atoms with van der Waals surface area (Å²) >= 11 is 4.97. The predicted molar refractivity (Wildman–Crippen MR) is 74.1 cm³/mol. The first-order valence-corrected chi connectivity index (χ1v) is 7.18. The fraction of sp³-hybridized carbons (Fsp3) is 0.231. The lowest BCUT2D eigenvalue weighted by Gasteiger charge is -2.02. The number of aliphatic carboxylic acids is 1. The average Bonchev–Trinajstić information content (AvgIpc) is 2.84. The van der Waals surface area contributed by atoms with E-state index in [1.807, 2.05) is 12.1 Å². The molecule has 0 saturated heterocycles. The van der Waals surface area contributed by atoms with Crippen LogP contribution in [-0.4, -0.2) is 16.1 Å². The van der Waals surface area contributed by atoms with Crippen molar-refractivity contribution in [2.45, 2.75) is 19.3 Å². The van der Waals surface area contributed by atoms with Crippen LogP contribution in [0, 0.1) is 0 Å². The summed E-state index contributed by atoms with van der Waals surface area (Å²) in [5.74, 6) is -1.35. The van der Waals surface area contributed by atoms with Gasteiger partial charge in [0.25, 0.3) is 0 Å². The number of carbonyl (C=O) groups is 1. The Morgan fingerprint density at radius 2 is 2.33 bits per heavy atom. The van der Waals surface area contributed by atoms with Crippen molar-refractivity contribution in [3.05, 3.63) is 38.1 Å². The number of fused-ring (bicyclic) bond motifs is 3. The Hall–Kier alpha value is -1.20. The molecule has 1 unspecified atom stereocenters. The fourth-order valence-electron chi connectivity index (χ4n) is 2.10. The molecule has 92 valence electrons. The number of hydrogen-bond acceptors (Lipinski definition) is 3. The highest BCUT2D eigenvalue weighted by Crippen LogP contribution is 2.41. The van der Waals surface area contributed by atoms with Gasteiger partial charge in [0.1, 0.15) is 10.9 Å². The van der Waals surface area contributed by atoms with Crippen LogP contribution in [-0.2, 0) is 11.2 Å². The summed E-state index contributed by atoms with van der Waals surface area (Å²) in [5.41, 5.74) is 3.35. The minimum atomic E-state index is -0.821. The van der Waals surface area contributed by atoms with Crippen molar-refractivity contribution in [3.63, 3.8) is 0 Å². The number of rotatable bonds is 2. The molecule has 0 saturated carbocycles. The molecule has 0 spiro atoms. The van der Waals surface area contributed by atoms with Crippen molar-refractivity contribution < 1.29 is 9.90 Å². The molecule has 1 aromatic carbocycles. The molecule has 1 aromatic heterocycles. The third-order valence-corrected chi connectivity index (χ3v) is 4.86. The third kappa shape index (κ3) is 1.78. The van der Waals surface area contributed by atoms with Crippen LogP contribution < -0.4 is 0 Å². The summed E-state index contributed by atoms with van der Waals surface area (Å²) < 4.78 is 1.07. The van der Waals surface area contributed by atoms with E-state index in [2.05, 4.69) is 27.0 Å². The molecule has 0 bridgehead atoms. The van der Waals surface area contributed by atoms with E-state index in [0.717, 1.165) is 22.2 Å². The smallest absolute Gasteiger partial charge is 0.313 e. The number of carboxylic acids is 1. The van der Waals surface area contributed by atoms with Crippen molar-refractivity contribution in [2.75, 3.05) is 0 Å². The molecule has 3 rings (SSSR count). The van der Waals surface area contributed by atoms with Gasteiger partial charge >= 0.3 is 5.97 Å². The molecular weight excluding hydrogens is 314 g/mol. The average molecular weight is 324 g/mol. The third-order valence-electron chi connectivity index (χ3n) is 3.13. The minimum absolute atomic E-state index is 0.528. The Morgan fingerprint density at radius 1 is 1.56 bits per heavy atom. The van der Waals surface area contributed by atoms with Crippen LogP contribution in [0.25, 0.3) is 11.3 Å². The van der Waals surface area contributed by atoms with Gasteiger partial charge in [-0.05, 0) is 24.6 Å². The van der Waals surface area contributed by atoms with Crippen LogP contribution in [0.15, 0.2) is 22.7 Å². The van der Waals surface area contributed by atoms with Crippen molar-refractivity contribution in [1.82, 2.24) is 4.98 Å². The van der Waals surface area contributed by atoms with E-state index < -0.39 is 11.9 Å². The Bertz CT molecular complexity index is 650. The van der Waals surface area contributed by atoms with Gasteiger partial charge in [-0.3, -0.25) is 4.79 Å². The van der Waals surface area contributed by atoms with Gasteiger partial charge in [0.05, 0.1) is 5.69 Å². The van der Waals surface area contributed by atoms with E-state index in [1.54, 1.807) is 6.92 Å². The van der Waals surface area contributed by atoms with E-state index in [9.17, 15) is 4.79 Å². The van der Waals surface area contributed by atoms with E-state index >= 15 is 0 Å². The standard InChI is InChI=1S/C13H10BrNO2S/c1-6(13(16)17)12-15-11-9-3-2-8(14)4-7(9)5-10(11)18-12/h2-4,6H,5H2,1H3,(H,16,17). The second-order valence-electron chi connectivity index (χ2n) is 4.36. The van der Waals surface area contributed by atoms with Crippen LogP contribution in [0.2, 0.25) is 0 Å². The van der Waals surface area contributed by atoms with Gasteiger partial charge in [-0.2, -0.15) is 0 Å². The highest BCUT2D eigenvalue weighted by Gasteiger charge is 2.26. The molecule has 1 heterocycles. The lowest BCUT2D eigenvalue weighted by Crippen LogP contribution is -2.06. The molecule has 5 heteroatoms. The summed E-state index contributed by atoms with van der Waals surface area (Å²) in [4.78, 5) is 16.7. The number of carboxylic acid groups (broad SMARTS) is 1. The normalized spacial score (nSPS) is 14.1. The molecule has 18 heavy (non-hydrogen) atoms. The molecule has 0 fully saturated rings. The van der Waals surface area contributed by atoms with Crippen molar-refractivity contribution in [3.8, 4) is 11.3 Å². The summed E-state index contributed by atoms with van der Waals surface area (Å²) in [6, 6.07) is 6.14. The number of nitrogens with zero attached hydrogens (tertiary/aromatic N) is 1. The first-order valence-electron chi connectivity index (χ1n) is 5.57. The Morgan fingerprint density at radius 3 is 3.06 bits per heavy atom. The summed E-state index contributed by atoms with van der Waals surface area (Å²) in [5, 5.41) is 9.71. The highest BCUT2D eigenvalue weighted by molar-refractivity contribution is 9.10. The SMILES string of the molecule is CC(C(=O)O)c1nc2c(s1)Cc1cc(Br)ccc1-2. The summed E-state index contributed by atoms with van der Waals surface area (Å²) in [7, 11) is 0. The zero-order valence-corrected chi connectivity index (χ0v) is 12.0. The van der Waals surface area contributed by atoms with Gasteiger partial charge in [-0.1, -0.05) is 22.0 Å². The first kappa shape index (κ1) is 11.9. The van der Waals surface area contributed by atoms with Crippen molar-refractivity contribution in [1.29, 1.82) is 0 Å². The first-order chi connectivity index (χ1) is 8.56. The summed E-state index contributed by atoms with van der Waals surface area (Å²) in [6.07, 6.45) is 0.855.